The van der Waals surface area contributed by atoms with E-state index in [-0.39, 0.29) is 24.0 Å². The van der Waals surface area contributed by atoms with Gasteiger partial charge in [0.1, 0.15) is 0 Å². The van der Waals surface area contributed by atoms with Gasteiger partial charge in [-0.2, -0.15) is 5.10 Å². The lowest BCUT2D eigenvalue weighted by molar-refractivity contribution is 0.484. The van der Waals surface area contributed by atoms with Crippen LogP contribution in [0.2, 0.25) is 0 Å². The van der Waals surface area contributed by atoms with Gasteiger partial charge in [-0.3, -0.25) is 9.67 Å². The Kier molecular flexibility index (Phi) is 9.08. The highest BCUT2D eigenvalue weighted by atomic mass is 127. The average Bonchev–Trinajstić information content (AvgIpc) is 3.34. The molecule has 1 aromatic carbocycles. The monoisotopic (exact) mass is 496 g/mol. The van der Waals surface area contributed by atoms with Gasteiger partial charge in [0.05, 0.1) is 6.20 Å². The predicted molar refractivity (Wildman–Crippen MR) is 128 cm³/mol. The minimum atomic E-state index is 0. The molecule has 2 aromatic rings. The molecule has 0 amide bonds. The molecule has 1 aliphatic heterocycles. The van der Waals surface area contributed by atoms with Crippen LogP contribution in [0.5, 0.6) is 0 Å². The highest BCUT2D eigenvalue weighted by Gasteiger charge is 2.26. The zero-order valence-electron chi connectivity index (χ0n) is 17.2. The molecule has 1 aromatic heterocycles. The maximum Gasteiger partial charge on any atom is 0.193 e. The van der Waals surface area contributed by atoms with Gasteiger partial charge >= 0.3 is 0 Å². The van der Waals surface area contributed by atoms with Crippen molar-refractivity contribution >= 4 is 35.6 Å². The summed E-state index contributed by atoms with van der Waals surface area (Å²) in [6.07, 6.45) is 7.58. The third-order valence-electron chi connectivity index (χ3n) is 5.30. The third kappa shape index (κ3) is 6.12. The molecular formula is C21H33IN6. The first-order chi connectivity index (χ1) is 13.2. The number of para-hydroxylation sites is 1. The van der Waals surface area contributed by atoms with Crippen LogP contribution in [0, 0.1) is 0 Å². The second-order valence-corrected chi connectivity index (χ2v) is 7.32. The summed E-state index contributed by atoms with van der Waals surface area (Å²) in [7, 11) is 6.01. The van der Waals surface area contributed by atoms with Crippen molar-refractivity contribution < 1.29 is 0 Å². The van der Waals surface area contributed by atoms with Crippen LogP contribution in [0.4, 0.5) is 5.69 Å². The van der Waals surface area contributed by atoms with E-state index in [2.05, 4.69) is 68.8 Å². The molecule has 1 unspecified atom stereocenters. The number of aliphatic imine (C=N–C) groups is 1. The van der Waals surface area contributed by atoms with Gasteiger partial charge in [-0.05, 0) is 37.0 Å². The van der Waals surface area contributed by atoms with Crippen LogP contribution in [0.15, 0.2) is 47.7 Å². The lowest BCUT2D eigenvalue weighted by atomic mass is 10.0. The summed E-state index contributed by atoms with van der Waals surface area (Å²) in [5, 5.41) is 7.84. The zero-order chi connectivity index (χ0) is 19.1. The topological polar surface area (TPSA) is 48.7 Å². The molecule has 154 valence electrons. The van der Waals surface area contributed by atoms with Crippen molar-refractivity contribution in [2.24, 2.45) is 12.0 Å². The van der Waals surface area contributed by atoms with Crippen LogP contribution in [-0.4, -0.2) is 60.9 Å². The maximum atomic E-state index is 4.48. The van der Waals surface area contributed by atoms with E-state index < -0.39 is 0 Å². The smallest absolute Gasteiger partial charge is 0.193 e. The SMILES string of the molecule is CN=C(NCCCCN(C)c1ccccc1)N1CCC(c2cnn(C)c2)C1.I. The number of guanidine groups is 1. The summed E-state index contributed by atoms with van der Waals surface area (Å²) in [5.74, 6) is 1.58. The molecule has 1 saturated heterocycles. The molecule has 0 bridgehead atoms. The minimum Gasteiger partial charge on any atom is -0.375 e. The molecule has 7 heteroatoms. The molecule has 6 nitrogen and oxygen atoms in total. The molecule has 1 atom stereocenters. The van der Waals surface area contributed by atoms with Gasteiger partial charge in [0.2, 0.25) is 0 Å². The average molecular weight is 496 g/mol. The van der Waals surface area contributed by atoms with Crippen molar-refractivity contribution in [3.05, 3.63) is 48.3 Å². The first-order valence-corrected chi connectivity index (χ1v) is 9.87. The van der Waals surface area contributed by atoms with Crippen LogP contribution in [0.1, 0.15) is 30.7 Å². The molecule has 2 heterocycles. The molecule has 3 rings (SSSR count). The Labute approximate surface area is 186 Å². The maximum absolute atomic E-state index is 4.48. The Morgan fingerprint density at radius 1 is 1.29 bits per heavy atom. The van der Waals surface area contributed by atoms with E-state index in [1.54, 1.807) is 0 Å². The summed E-state index contributed by atoms with van der Waals surface area (Å²) in [6, 6.07) is 10.6. The number of unbranched alkanes of at least 4 members (excludes halogenated alkanes) is 1. The van der Waals surface area contributed by atoms with Crippen LogP contribution >= 0.6 is 24.0 Å². The third-order valence-corrected chi connectivity index (χ3v) is 5.30. The summed E-state index contributed by atoms with van der Waals surface area (Å²) < 4.78 is 1.89. The van der Waals surface area contributed by atoms with Crippen LogP contribution in [0.3, 0.4) is 0 Å². The Morgan fingerprint density at radius 3 is 2.75 bits per heavy atom. The van der Waals surface area contributed by atoms with Crippen LogP contribution in [0.25, 0.3) is 0 Å². The Balaban J connectivity index is 0.00000280. The lowest BCUT2D eigenvalue weighted by Gasteiger charge is -2.22. The fourth-order valence-corrected chi connectivity index (χ4v) is 3.69. The molecule has 1 fully saturated rings. The highest BCUT2D eigenvalue weighted by molar-refractivity contribution is 14.0. The number of benzene rings is 1. The largest absolute Gasteiger partial charge is 0.375 e. The number of likely N-dealkylation sites (tertiary alicyclic amines) is 1. The Morgan fingerprint density at radius 2 is 2.07 bits per heavy atom. The van der Waals surface area contributed by atoms with Crippen molar-refractivity contribution in [2.75, 3.05) is 45.2 Å². The number of halogens is 1. The molecule has 0 radical (unpaired) electrons. The summed E-state index contributed by atoms with van der Waals surface area (Å²) in [6.45, 7) is 4.10. The standard InChI is InChI=1S/C21H32N6.HI/c1-22-21(27-14-11-18(17-27)19-15-24-26(3)16-19)23-12-7-8-13-25(2)20-9-5-4-6-10-20;/h4-6,9-10,15-16,18H,7-8,11-14,17H2,1-3H3,(H,22,23);1H. The number of hydrogen-bond donors (Lipinski definition) is 1. The number of nitrogens with one attached hydrogen (secondary N) is 1. The predicted octanol–water partition coefficient (Wildman–Crippen LogP) is 3.32. The molecule has 28 heavy (non-hydrogen) atoms. The van der Waals surface area contributed by atoms with E-state index in [0.717, 1.165) is 51.4 Å². The zero-order valence-corrected chi connectivity index (χ0v) is 19.5. The number of anilines is 1. The van der Waals surface area contributed by atoms with E-state index in [1.807, 2.05) is 25.0 Å². The van der Waals surface area contributed by atoms with Gasteiger partial charge in [0.25, 0.3) is 0 Å². The molecule has 0 spiro atoms. The highest BCUT2D eigenvalue weighted by Crippen LogP contribution is 2.26. The van der Waals surface area contributed by atoms with E-state index >= 15 is 0 Å². The van der Waals surface area contributed by atoms with E-state index in [1.165, 1.54) is 11.3 Å². The lowest BCUT2D eigenvalue weighted by Crippen LogP contribution is -2.40. The first-order valence-electron chi connectivity index (χ1n) is 9.87. The quantitative estimate of drug-likeness (QED) is 0.277. The number of aromatic nitrogens is 2. The van der Waals surface area contributed by atoms with Gasteiger partial charge in [-0.25, -0.2) is 0 Å². The molecular weight excluding hydrogens is 463 g/mol. The first kappa shape index (κ1) is 22.5. The number of rotatable bonds is 7. The molecule has 1 aliphatic rings. The second-order valence-electron chi connectivity index (χ2n) is 7.32. The van der Waals surface area contributed by atoms with Gasteiger partial charge in [-0.1, -0.05) is 18.2 Å². The van der Waals surface area contributed by atoms with E-state index in [0.29, 0.717) is 5.92 Å². The van der Waals surface area contributed by atoms with Crippen LogP contribution < -0.4 is 10.2 Å². The number of aryl methyl sites for hydroxylation is 1. The van der Waals surface area contributed by atoms with Crippen molar-refractivity contribution in [3.63, 3.8) is 0 Å². The van der Waals surface area contributed by atoms with E-state index in [9.17, 15) is 0 Å². The van der Waals surface area contributed by atoms with Gasteiger partial charge < -0.3 is 15.1 Å². The fourth-order valence-electron chi connectivity index (χ4n) is 3.69. The van der Waals surface area contributed by atoms with Crippen molar-refractivity contribution in [2.45, 2.75) is 25.2 Å². The Bertz CT molecular complexity index is 730. The van der Waals surface area contributed by atoms with Crippen molar-refractivity contribution in [3.8, 4) is 0 Å². The van der Waals surface area contributed by atoms with Crippen LogP contribution in [-0.2, 0) is 7.05 Å². The summed E-state index contributed by atoms with van der Waals surface area (Å²) >= 11 is 0. The molecule has 0 saturated carbocycles. The normalized spacial score (nSPS) is 16.8. The minimum absolute atomic E-state index is 0. The van der Waals surface area contributed by atoms with Gasteiger partial charge in [0, 0.05) is 65.1 Å². The van der Waals surface area contributed by atoms with E-state index in [4.69, 9.17) is 0 Å². The summed E-state index contributed by atoms with van der Waals surface area (Å²) in [5.41, 5.74) is 2.61. The number of nitrogens with zero attached hydrogens (tertiary/aromatic N) is 5. The molecule has 1 N–H and O–H groups in total. The van der Waals surface area contributed by atoms with Crippen molar-refractivity contribution in [1.82, 2.24) is 20.0 Å². The fraction of sp³-hybridized carbons (Fsp3) is 0.524. The van der Waals surface area contributed by atoms with Gasteiger partial charge in [-0.15, -0.1) is 24.0 Å². The van der Waals surface area contributed by atoms with Crippen molar-refractivity contribution in [1.29, 1.82) is 0 Å². The van der Waals surface area contributed by atoms with Gasteiger partial charge in [0.15, 0.2) is 5.96 Å². The Hall–Kier alpha value is -1.77. The summed E-state index contributed by atoms with van der Waals surface area (Å²) in [4.78, 5) is 9.17. The second kappa shape index (κ2) is 11.3. The molecule has 0 aliphatic carbocycles. The number of hydrogen-bond acceptors (Lipinski definition) is 3.